The Labute approximate surface area is 86.6 Å². The van der Waals surface area contributed by atoms with Crippen LogP contribution in [0, 0.1) is 0 Å². The van der Waals surface area contributed by atoms with Gasteiger partial charge >= 0.3 is 0 Å². The van der Waals surface area contributed by atoms with Gasteiger partial charge in [-0.15, -0.1) is 0 Å². The fraction of sp³-hybridized carbons (Fsp3) is 0.444. The summed E-state index contributed by atoms with van der Waals surface area (Å²) in [6.07, 6.45) is 2.26. The quantitative estimate of drug-likeness (QED) is 0.814. The Hall–Kier alpha value is -1.16. The molecule has 0 aromatic carbocycles. The highest BCUT2D eigenvalue weighted by Crippen LogP contribution is 2.31. The molecule has 0 aliphatic carbocycles. The van der Waals surface area contributed by atoms with Gasteiger partial charge in [0.15, 0.2) is 5.76 Å². The number of amides is 1. The summed E-state index contributed by atoms with van der Waals surface area (Å²) in [5, 5.41) is 0.459. The van der Waals surface area contributed by atoms with Gasteiger partial charge in [-0.3, -0.25) is 4.79 Å². The van der Waals surface area contributed by atoms with E-state index in [-0.39, 0.29) is 5.76 Å². The maximum atomic E-state index is 10.8. The number of halogens is 1. The van der Waals surface area contributed by atoms with E-state index in [0.29, 0.717) is 10.9 Å². The number of primary amides is 1. The van der Waals surface area contributed by atoms with Crippen molar-refractivity contribution in [2.45, 2.75) is 12.8 Å². The van der Waals surface area contributed by atoms with Crippen LogP contribution in [0.25, 0.3) is 0 Å². The van der Waals surface area contributed by atoms with Crippen molar-refractivity contribution in [2.24, 2.45) is 5.73 Å². The van der Waals surface area contributed by atoms with Crippen molar-refractivity contribution >= 4 is 23.4 Å². The first-order chi connectivity index (χ1) is 6.68. The lowest BCUT2D eigenvalue weighted by Crippen LogP contribution is -2.17. The highest BCUT2D eigenvalue weighted by atomic mass is 35.5. The number of furan rings is 1. The maximum absolute atomic E-state index is 10.8. The summed E-state index contributed by atoms with van der Waals surface area (Å²) in [6.45, 7) is 1.84. The van der Waals surface area contributed by atoms with Crippen LogP contribution < -0.4 is 10.6 Å². The molecule has 5 heteroatoms. The maximum Gasteiger partial charge on any atom is 0.284 e. The van der Waals surface area contributed by atoms with Crippen LogP contribution in [0.1, 0.15) is 23.4 Å². The van der Waals surface area contributed by atoms with Gasteiger partial charge in [0.05, 0.1) is 0 Å². The molecule has 0 bridgehead atoms. The van der Waals surface area contributed by atoms with Gasteiger partial charge in [-0.1, -0.05) is 11.6 Å². The summed E-state index contributed by atoms with van der Waals surface area (Å²) in [7, 11) is 0. The Balaban J connectivity index is 2.28. The normalized spacial score (nSPS) is 16.2. The van der Waals surface area contributed by atoms with E-state index >= 15 is 0 Å². The average molecular weight is 215 g/mol. The molecule has 0 unspecified atom stereocenters. The van der Waals surface area contributed by atoms with Crippen molar-refractivity contribution in [1.82, 2.24) is 0 Å². The molecule has 0 saturated carbocycles. The van der Waals surface area contributed by atoms with Crippen LogP contribution in [0.15, 0.2) is 10.5 Å². The van der Waals surface area contributed by atoms with Gasteiger partial charge in [0.25, 0.3) is 5.91 Å². The number of anilines is 1. The molecular weight excluding hydrogens is 204 g/mol. The molecule has 1 aliphatic heterocycles. The highest BCUT2D eigenvalue weighted by Gasteiger charge is 2.21. The largest absolute Gasteiger partial charge is 0.434 e. The minimum absolute atomic E-state index is 0.122. The predicted molar refractivity (Wildman–Crippen MR) is 53.7 cm³/mol. The third-order valence-electron chi connectivity index (χ3n) is 2.30. The van der Waals surface area contributed by atoms with Crippen LogP contribution >= 0.6 is 11.6 Å². The second kappa shape index (κ2) is 3.53. The van der Waals surface area contributed by atoms with Gasteiger partial charge in [0, 0.05) is 19.2 Å². The molecule has 1 aromatic heterocycles. The van der Waals surface area contributed by atoms with E-state index in [4.69, 9.17) is 21.8 Å². The molecule has 14 heavy (non-hydrogen) atoms. The van der Waals surface area contributed by atoms with Crippen LogP contribution in [0.3, 0.4) is 0 Å². The van der Waals surface area contributed by atoms with Crippen molar-refractivity contribution in [3.05, 3.63) is 16.8 Å². The van der Waals surface area contributed by atoms with Crippen molar-refractivity contribution in [3.63, 3.8) is 0 Å². The Morgan fingerprint density at radius 1 is 1.50 bits per heavy atom. The van der Waals surface area contributed by atoms with Crippen molar-refractivity contribution in [2.75, 3.05) is 18.0 Å². The Bertz CT molecular complexity index is 356. The van der Waals surface area contributed by atoms with Gasteiger partial charge < -0.3 is 15.1 Å². The van der Waals surface area contributed by atoms with E-state index in [1.54, 1.807) is 0 Å². The van der Waals surface area contributed by atoms with Crippen molar-refractivity contribution in [1.29, 1.82) is 0 Å². The Morgan fingerprint density at radius 3 is 2.64 bits per heavy atom. The summed E-state index contributed by atoms with van der Waals surface area (Å²) in [5.74, 6) is 0.104. The molecule has 0 spiro atoms. The SMILES string of the molecule is NC(=O)c1cc(Cl)c(N2CCCC2)o1. The Morgan fingerprint density at radius 2 is 2.14 bits per heavy atom. The van der Waals surface area contributed by atoms with E-state index in [9.17, 15) is 4.79 Å². The number of rotatable bonds is 2. The molecular formula is C9H11ClN2O2. The molecule has 0 atom stereocenters. The summed E-state index contributed by atoms with van der Waals surface area (Å²) < 4.78 is 5.28. The monoisotopic (exact) mass is 214 g/mol. The van der Waals surface area contributed by atoms with Crippen LogP contribution in [-0.2, 0) is 0 Å². The zero-order valence-corrected chi connectivity index (χ0v) is 8.38. The van der Waals surface area contributed by atoms with Crippen LogP contribution in [0.4, 0.5) is 5.88 Å². The number of carbonyl (C=O) groups excluding carboxylic acids is 1. The van der Waals surface area contributed by atoms with E-state index in [1.807, 2.05) is 4.90 Å². The predicted octanol–water partition coefficient (Wildman–Crippen LogP) is 1.63. The summed E-state index contributed by atoms with van der Waals surface area (Å²) in [5.41, 5.74) is 5.08. The fourth-order valence-electron chi connectivity index (χ4n) is 1.62. The standard InChI is InChI=1S/C9H11ClN2O2/c10-6-5-7(8(11)13)14-9(6)12-3-1-2-4-12/h5H,1-4H2,(H2,11,13). The zero-order valence-electron chi connectivity index (χ0n) is 7.62. The molecule has 1 aliphatic rings. The third-order valence-corrected chi connectivity index (χ3v) is 2.58. The van der Waals surface area contributed by atoms with E-state index in [2.05, 4.69) is 0 Å². The van der Waals surface area contributed by atoms with Gasteiger partial charge in [0.1, 0.15) is 5.02 Å². The van der Waals surface area contributed by atoms with E-state index in [1.165, 1.54) is 6.07 Å². The topological polar surface area (TPSA) is 59.5 Å². The zero-order chi connectivity index (χ0) is 10.1. The lowest BCUT2D eigenvalue weighted by Gasteiger charge is -2.13. The first kappa shape index (κ1) is 9.40. The van der Waals surface area contributed by atoms with E-state index < -0.39 is 5.91 Å². The summed E-state index contributed by atoms with van der Waals surface area (Å²) in [6, 6.07) is 1.47. The minimum atomic E-state index is -0.586. The molecule has 4 nitrogen and oxygen atoms in total. The van der Waals surface area contributed by atoms with E-state index in [0.717, 1.165) is 25.9 Å². The van der Waals surface area contributed by atoms with Crippen molar-refractivity contribution < 1.29 is 9.21 Å². The molecule has 1 fully saturated rings. The molecule has 2 heterocycles. The average Bonchev–Trinajstić information content (AvgIpc) is 2.71. The summed E-state index contributed by atoms with van der Waals surface area (Å²) in [4.78, 5) is 12.9. The molecule has 1 amide bonds. The number of hydrogen-bond acceptors (Lipinski definition) is 3. The molecule has 1 saturated heterocycles. The first-order valence-corrected chi connectivity index (χ1v) is 4.90. The van der Waals surface area contributed by atoms with Crippen LogP contribution in [0.2, 0.25) is 5.02 Å². The first-order valence-electron chi connectivity index (χ1n) is 4.52. The fourth-order valence-corrected chi connectivity index (χ4v) is 1.87. The Kier molecular flexibility index (Phi) is 2.37. The molecule has 0 radical (unpaired) electrons. The van der Waals surface area contributed by atoms with Gasteiger partial charge in [-0.25, -0.2) is 0 Å². The van der Waals surface area contributed by atoms with Crippen molar-refractivity contribution in [3.8, 4) is 0 Å². The minimum Gasteiger partial charge on any atom is -0.434 e. The molecule has 2 rings (SSSR count). The van der Waals surface area contributed by atoms with Gasteiger partial charge in [0.2, 0.25) is 5.88 Å². The number of nitrogens with zero attached hydrogens (tertiary/aromatic N) is 1. The van der Waals surface area contributed by atoms with Gasteiger partial charge in [-0.2, -0.15) is 0 Å². The molecule has 76 valence electrons. The van der Waals surface area contributed by atoms with Gasteiger partial charge in [-0.05, 0) is 12.8 Å². The lowest BCUT2D eigenvalue weighted by molar-refractivity contribution is 0.0974. The molecule has 2 N–H and O–H groups in total. The summed E-state index contributed by atoms with van der Waals surface area (Å²) >= 11 is 5.93. The second-order valence-corrected chi connectivity index (χ2v) is 3.73. The number of carbonyl (C=O) groups is 1. The number of nitrogens with two attached hydrogens (primary N) is 1. The second-order valence-electron chi connectivity index (χ2n) is 3.32. The number of hydrogen-bond donors (Lipinski definition) is 1. The smallest absolute Gasteiger partial charge is 0.284 e. The highest BCUT2D eigenvalue weighted by molar-refractivity contribution is 6.33. The third kappa shape index (κ3) is 1.57. The van der Waals surface area contributed by atoms with Crippen LogP contribution in [0.5, 0.6) is 0 Å². The molecule has 1 aromatic rings. The lowest BCUT2D eigenvalue weighted by atomic mass is 10.4. The van der Waals surface area contributed by atoms with Crippen LogP contribution in [-0.4, -0.2) is 19.0 Å².